The molecule has 0 aromatic heterocycles. The maximum atomic E-state index is 13.4. The van der Waals surface area contributed by atoms with Gasteiger partial charge in [0.15, 0.2) is 0 Å². The van der Waals surface area contributed by atoms with E-state index in [0.29, 0.717) is 11.0 Å². The molecule has 5 heteroatoms. The van der Waals surface area contributed by atoms with Gasteiger partial charge in [-0.3, -0.25) is 4.79 Å². The summed E-state index contributed by atoms with van der Waals surface area (Å²) in [5.74, 6) is -0.433. The lowest BCUT2D eigenvalue weighted by Gasteiger charge is -2.22. The molecule has 0 saturated carbocycles. The van der Waals surface area contributed by atoms with Crippen LogP contribution in [0.2, 0.25) is 0 Å². The lowest BCUT2D eigenvalue weighted by atomic mass is 9.99. The molecule has 1 rings (SSSR count). The molecular formula is C14H19BrFNO2. The maximum Gasteiger partial charge on any atom is 0.323 e. The minimum Gasteiger partial charge on any atom is -0.468 e. The molecule has 1 N–H and O–H groups in total. The molecule has 0 bridgehead atoms. The molecule has 19 heavy (non-hydrogen) atoms. The van der Waals surface area contributed by atoms with Crippen molar-refractivity contribution < 1.29 is 13.9 Å². The first kappa shape index (κ1) is 16.1. The number of halogens is 2. The summed E-state index contributed by atoms with van der Waals surface area (Å²) in [6.07, 6.45) is 0.863. The van der Waals surface area contributed by atoms with Crippen molar-refractivity contribution in [1.82, 2.24) is 5.32 Å². The van der Waals surface area contributed by atoms with Gasteiger partial charge in [-0.15, -0.1) is 0 Å². The molecule has 2 unspecified atom stereocenters. The Bertz CT molecular complexity index is 439. The molecule has 0 aliphatic rings. The molecule has 0 heterocycles. The molecule has 1 aromatic carbocycles. The Morgan fingerprint density at radius 2 is 2.21 bits per heavy atom. The normalized spacial score (nSPS) is 13.9. The third kappa shape index (κ3) is 4.58. The Balaban J connectivity index is 2.70. The number of nitrogens with one attached hydrogen (secondary N) is 1. The Morgan fingerprint density at radius 1 is 1.53 bits per heavy atom. The smallest absolute Gasteiger partial charge is 0.323 e. The van der Waals surface area contributed by atoms with Crippen LogP contribution in [0.3, 0.4) is 0 Å². The summed E-state index contributed by atoms with van der Waals surface area (Å²) in [6, 6.07) is 4.54. The molecule has 0 aliphatic heterocycles. The molecule has 0 amide bonds. The highest BCUT2D eigenvalue weighted by Crippen LogP contribution is 2.17. The number of hydrogen-bond acceptors (Lipinski definition) is 3. The highest BCUT2D eigenvalue weighted by Gasteiger charge is 2.24. The zero-order chi connectivity index (χ0) is 14.4. The summed E-state index contributed by atoms with van der Waals surface area (Å²) >= 11 is 3.11. The molecule has 106 valence electrons. The van der Waals surface area contributed by atoms with E-state index in [1.165, 1.54) is 13.2 Å². The maximum absolute atomic E-state index is 13.4. The average Bonchev–Trinajstić information content (AvgIpc) is 2.42. The second kappa shape index (κ2) is 7.60. The molecule has 0 radical (unpaired) electrons. The Hall–Kier alpha value is -0.940. The predicted molar refractivity (Wildman–Crippen MR) is 76.2 cm³/mol. The van der Waals surface area contributed by atoms with Gasteiger partial charge >= 0.3 is 5.97 Å². The molecule has 0 fully saturated rings. The molecular weight excluding hydrogens is 313 g/mol. The van der Waals surface area contributed by atoms with Crippen molar-refractivity contribution in [1.29, 1.82) is 0 Å². The quantitative estimate of drug-likeness (QED) is 0.813. The van der Waals surface area contributed by atoms with E-state index in [1.54, 1.807) is 6.07 Å². The van der Waals surface area contributed by atoms with Crippen molar-refractivity contribution in [2.75, 3.05) is 7.11 Å². The van der Waals surface area contributed by atoms with Gasteiger partial charge in [-0.05, 0) is 39.5 Å². The Labute approximate surface area is 121 Å². The first-order chi connectivity index (χ1) is 8.99. The van der Waals surface area contributed by atoms with E-state index < -0.39 is 0 Å². The molecule has 0 spiro atoms. The first-order valence-corrected chi connectivity index (χ1v) is 7.04. The summed E-state index contributed by atoms with van der Waals surface area (Å²) in [5.41, 5.74) is 0.790. The lowest BCUT2D eigenvalue weighted by Crippen LogP contribution is -2.42. The van der Waals surface area contributed by atoms with E-state index in [-0.39, 0.29) is 23.7 Å². The van der Waals surface area contributed by atoms with Gasteiger partial charge in [0.05, 0.1) is 11.6 Å². The number of carbonyl (C=O) groups excluding carboxylic acids is 1. The van der Waals surface area contributed by atoms with Crippen LogP contribution >= 0.6 is 15.9 Å². The van der Waals surface area contributed by atoms with Crippen LogP contribution in [0, 0.1) is 11.7 Å². The van der Waals surface area contributed by atoms with Crippen LogP contribution in [0.1, 0.15) is 25.8 Å². The Kier molecular flexibility index (Phi) is 6.45. The highest BCUT2D eigenvalue weighted by molar-refractivity contribution is 9.10. The van der Waals surface area contributed by atoms with E-state index in [9.17, 15) is 9.18 Å². The standard InChI is InChI=1S/C14H19BrFNO2/c1-4-9(2)13(14(18)19-3)17-8-10-5-6-11(15)12(16)7-10/h5-7,9,13,17H,4,8H2,1-3H3. The van der Waals surface area contributed by atoms with Crippen molar-refractivity contribution in [3.05, 3.63) is 34.1 Å². The van der Waals surface area contributed by atoms with Gasteiger partial charge < -0.3 is 10.1 Å². The van der Waals surface area contributed by atoms with Gasteiger partial charge in [0.25, 0.3) is 0 Å². The van der Waals surface area contributed by atoms with Crippen molar-refractivity contribution in [2.24, 2.45) is 5.92 Å². The minimum absolute atomic E-state index is 0.160. The van der Waals surface area contributed by atoms with E-state index in [2.05, 4.69) is 21.2 Å². The third-order valence-electron chi connectivity index (χ3n) is 3.18. The van der Waals surface area contributed by atoms with E-state index >= 15 is 0 Å². The van der Waals surface area contributed by atoms with Crippen LogP contribution in [0.25, 0.3) is 0 Å². The van der Waals surface area contributed by atoms with Crippen LogP contribution < -0.4 is 5.32 Å². The van der Waals surface area contributed by atoms with Crippen LogP contribution in [0.15, 0.2) is 22.7 Å². The summed E-state index contributed by atoms with van der Waals surface area (Å²) in [6.45, 7) is 4.42. The number of hydrogen-bond donors (Lipinski definition) is 1. The van der Waals surface area contributed by atoms with Crippen molar-refractivity contribution >= 4 is 21.9 Å². The number of carbonyl (C=O) groups is 1. The predicted octanol–water partition coefficient (Wildman–Crippen LogP) is 3.27. The largest absolute Gasteiger partial charge is 0.468 e. The van der Waals surface area contributed by atoms with Gasteiger partial charge in [0.1, 0.15) is 11.9 Å². The number of benzene rings is 1. The van der Waals surface area contributed by atoms with Gasteiger partial charge in [0, 0.05) is 6.54 Å². The fourth-order valence-corrected chi connectivity index (χ4v) is 2.00. The fourth-order valence-electron chi connectivity index (χ4n) is 1.76. The van der Waals surface area contributed by atoms with Gasteiger partial charge in [0.2, 0.25) is 0 Å². The second-order valence-electron chi connectivity index (χ2n) is 4.52. The van der Waals surface area contributed by atoms with Gasteiger partial charge in [-0.1, -0.05) is 26.3 Å². The summed E-state index contributed by atoms with van der Waals surface area (Å²) in [4.78, 5) is 11.7. The third-order valence-corrected chi connectivity index (χ3v) is 3.82. The summed E-state index contributed by atoms with van der Waals surface area (Å²) in [7, 11) is 1.37. The Morgan fingerprint density at radius 3 is 2.74 bits per heavy atom. The monoisotopic (exact) mass is 331 g/mol. The first-order valence-electron chi connectivity index (χ1n) is 6.24. The van der Waals surface area contributed by atoms with E-state index in [0.717, 1.165) is 12.0 Å². The van der Waals surface area contributed by atoms with Gasteiger partial charge in [-0.25, -0.2) is 4.39 Å². The molecule has 0 saturated heterocycles. The number of ether oxygens (including phenoxy) is 1. The summed E-state index contributed by atoms with van der Waals surface area (Å²) < 4.78 is 18.6. The second-order valence-corrected chi connectivity index (χ2v) is 5.37. The molecule has 3 nitrogen and oxygen atoms in total. The lowest BCUT2D eigenvalue weighted by molar-refractivity contribution is -0.144. The van der Waals surface area contributed by atoms with Crippen LogP contribution in [0.5, 0.6) is 0 Å². The zero-order valence-corrected chi connectivity index (χ0v) is 13.0. The number of methoxy groups -OCH3 is 1. The van der Waals surface area contributed by atoms with Crippen molar-refractivity contribution in [3.8, 4) is 0 Å². The topological polar surface area (TPSA) is 38.3 Å². The van der Waals surface area contributed by atoms with E-state index in [4.69, 9.17) is 4.74 Å². The van der Waals surface area contributed by atoms with E-state index in [1.807, 2.05) is 19.9 Å². The van der Waals surface area contributed by atoms with Crippen LogP contribution in [-0.4, -0.2) is 19.1 Å². The molecule has 0 aliphatic carbocycles. The zero-order valence-electron chi connectivity index (χ0n) is 11.4. The minimum atomic E-state index is -0.373. The SMILES string of the molecule is CCC(C)C(NCc1ccc(Br)c(F)c1)C(=O)OC. The highest BCUT2D eigenvalue weighted by atomic mass is 79.9. The molecule has 1 aromatic rings. The van der Waals surface area contributed by atoms with Crippen LogP contribution in [0.4, 0.5) is 4.39 Å². The number of esters is 1. The average molecular weight is 332 g/mol. The van der Waals surface area contributed by atoms with Crippen molar-refractivity contribution in [3.63, 3.8) is 0 Å². The van der Waals surface area contributed by atoms with Gasteiger partial charge in [-0.2, -0.15) is 0 Å². The fraction of sp³-hybridized carbons (Fsp3) is 0.500. The molecule has 2 atom stereocenters. The summed E-state index contributed by atoms with van der Waals surface area (Å²) in [5, 5.41) is 3.13. The van der Waals surface area contributed by atoms with Crippen molar-refractivity contribution in [2.45, 2.75) is 32.9 Å². The van der Waals surface area contributed by atoms with Crippen LogP contribution in [-0.2, 0) is 16.1 Å². The number of rotatable bonds is 6.